The van der Waals surface area contributed by atoms with Crippen molar-refractivity contribution >= 4 is 5.78 Å². The van der Waals surface area contributed by atoms with E-state index >= 15 is 0 Å². The number of nitrogens with two attached hydrogens (primary N) is 1. The summed E-state index contributed by atoms with van der Waals surface area (Å²) in [6.07, 6.45) is 4.64. The molecule has 3 aromatic rings. The van der Waals surface area contributed by atoms with Crippen molar-refractivity contribution in [2.75, 3.05) is 13.2 Å². The third-order valence-corrected chi connectivity index (χ3v) is 5.48. The van der Waals surface area contributed by atoms with E-state index in [1.54, 1.807) is 42.5 Å². The van der Waals surface area contributed by atoms with E-state index in [0.717, 1.165) is 24.5 Å². The first kappa shape index (κ1) is 22.7. The number of hydrogen-bond donors (Lipinski definition) is 2. The monoisotopic (exact) mass is 451 g/mol. The summed E-state index contributed by atoms with van der Waals surface area (Å²) in [7, 11) is 0. The third-order valence-electron chi connectivity index (χ3n) is 5.48. The van der Waals surface area contributed by atoms with Gasteiger partial charge in [-0.05, 0) is 54.0 Å². The second kappa shape index (κ2) is 9.99. The molecule has 33 heavy (non-hydrogen) atoms. The molecule has 3 N–H and O–H groups in total. The molecule has 0 saturated heterocycles. The fraction of sp³-hybridized carbons (Fsp3) is 0.417. The number of carbonyl (C=O) groups is 1. The minimum atomic E-state index is -1.46. The second-order valence-electron chi connectivity index (χ2n) is 8.59. The Morgan fingerprint density at radius 2 is 2.00 bits per heavy atom. The van der Waals surface area contributed by atoms with Crippen LogP contribution in [0, 0.1) is 5.92 Å². The summed E-state index contributed by atoms with van der Waals surface area (Å²) in [5.74, 6) is 2.09. The molecule has 1 aliphatic heterocycles. The Bertz CT molecular complexity index is 1070. The summed E-state index contributed by atoms with van der Waals surface area (Å²) in [4.78, 5) is 13.2. The number of tetrazole rings is 1. The average molecular weight is 452 g/mol. The highest BCUT2D eigenvalue weighted by atomic mass is 16.6. The maximum atomic E-state index is 13.2. The summed E-state index contributed by atoms with van der Waals surface area (Å²) in [5, 5.41) is 13.7. The van der Waals surface area contributed by atoms with E-state index in [-0.39, 0.29) is 24.0 Å². The van der Waals surface area contributed by atoms with Crippen LogP contribution in [0.3, 0.4) is 0 Å². The first-order chi connectivity index (χ1) is 16.0. The lowest BCUT2D eigenvalue weighted by Crippen LogP contribution is -2.51. The van der Waals surface area contributed by atoms with E-state index in [9.17, 15) is 4.79 Å². The van der Waals surface area contributed by atoms with Crippen LogP contribution >= 0.6 is 0 Å². The van der Waals surface area contributed by atoms with Crippen molar-refractivity contribution in [3.8, 4) is 17.2 Å². The molecular weight excluding hydrogens is 422 g/mol. The van der Waals surface area contributed by atoms with Gasteiger partial charge in [-0.25, -0.2) is 0 Å². The smallest absolute Gasteiger partial charge is 0.257 e. The molecule has 4 rings (SSSR count). The number of H-pyrrole nitrogens is 1. The molecule has 9 nitrogen and oxygen atoms in total. The van der Waals surface area contributed by atoms with Crippen molar-refractivity contribution in [3.05, 3.63) is 59.4 Å². The normalized spacial score (nSPS) is 17.2. The molecule has 0 saturated carbocycles. The third kappa shape index (κ3) is 5.31. The molecule has 1 atom stereocenters. The topological polar surface area (TPSA) is 125 Å². The lowest BCUT2D eigenvalue weighted by Gasteiger charge is -2.33. The summed E-state index contributed by atoms with van der Waals surface area (Å²) in [6, 6.07) is 12.2. The number of rotatable bonds is 10. The molecular formula is C24H29N5O4. The number of unbranched alkanes of at least 4 members (excludes halogenated alkanes) is 2. The number of ether oxygens (including phenoxy) is 3. The van der Waals surface area contributed by atoms with E-state index in [2.05, 4.69) is 34.5 Å². The number of aromatic nitrogens is 4. The molecule has 0 radical (unpaired) electrons. The van der Waals surface area contributed by atoms with Crippen LogP contribution in [0.25, 0.3) is 0 Å². The van der Waals surface area contributed by atoms with Crippen LogP contribution in [0.4, 0.5) is 0 Å². The number of para-hydroxylation sites is 1. The second-order valence-corrected chi connectivity index (χ2v) is 8.59. The molecule has 0 bridgehead atoms. The molecule has 1 unspecified atom stereocenters. The highest BCUT2D eigenvalue weighted by Crippen LogP contribution is 2.40. The van der Waals surface area contributed by atoms with Crippen molar-refractivity contribution < 1.29 is 19.0 Å². The van der Waals surface area contributed by atoms with Gasteiger partial charge in [-0.3, -0.25) is 10.5 Å². The van der Waals surface area contributed by atoms with Gasteiger partial charge in [0.05, 0.1) is 12.2 Å². The number of aromatic amines is 1. The Balaban J connectivity index is 1.42. The number of fused-ring (bicyclic) bond motifs is 1. The molecule has 2 heterocycles. The molecule has 2 aromatic carbocycles. The zero-order valence-corrected chi connectivity index (χ0v) is 18.9. The van der Waals surface area contributed by atoms with Gasteiger partial charge in [-0.15, -0.1) is 10.2 Å². The standard InChI is InChI=1S/C24H29N5O4/c1-16(2)7-4-3-5-14-31-18-12-10-17(11-13-18)21(30)19-8-6-9-20-22(19)33-24(25,15-32-20)23-26-28-29-27-23/h6,8-13,16H,3-5,7,14-15,25H2,1-2H3,(H,26,27,28,29). The molecule has 0 aliphatic carbocycles. The molecule has 9 heteroatoms. The van der Waals surface area contributed by atoms with Crippen molar-refractivity contribution in [3.63, 3.8) is 0 Å². The van der Waals surface area contributed by atoms with Gasteiger partial charge in [-0.1, -0.05) is 39.2 Å². The van der Waals surface area contributed by atoms with E-state index < -0.39 is 5.72 Å². The molecule has 0 spiro atoms. The summed E-state index contributed by atoms with van der Waals surface area (Å²) < 4.78 is 17.6. The number of hydrogen-bond acceptors (Lipinski definition) is 8. The number of benzene rings is 2. The van der Waals surface area contributed by atoms with Gasteiger partial charge in [0.1, 0.15) is 12.4 Å². The van der Waals surface area contributed by atoms with Crippen LogP contribution in [0.2, 0.25) is 0 Å². The Hall–Kier alpha value is -3.46. The van der Waals surface area contributed by atoms with E-state index in [4.69, 9.17) is 19.9 Å². The number of nitrogens with zero attached hydrogens (tertiary/aromatic N) is 3. The summed E-state index contributed by atoms with van der Waals surface area (Å²) in [6.45, 7) is 5.13. The summed E-state index contributed by atoms with van der Waals surface area (Å²) >= 11 is 0. The molecule has 174 valence electrons. The fourth-order valence-corrected chi connectivity index (χ4v) is 3.64. The molecule has 1 aromatic heterocycles. The lowest BCUT2D eigenvalue weighted by atomic mass is 10.0. The lowest BCUT2D eigenvalue weighted by molar-refractivity contribution is -0.0154. The molecule has 1 aliphatic rings. The Labute approximate surface area is 192 Å². The van der Waals surface area contributed by atoms with Gasteiger partial charge in [0.15, 0.2) is 17.3 Å². The van der Waals surface area contributed by atoms with Crippen molar-refractivity contribution in [1.82, 2.24) is 20.6 Å². The van der Waals surface area contributed by atoms with Crippen LogP contribution in [0.15, 0.2) is 42.5 Å². The Kier molecular flexibility index (Phi) is 6.88. The van der Waals surface area contributed by atoms with E-state index in [0.29, 0.717) is 23.5 Å². The number of ketones is 1. The van der Waals surface area contributed by atoms with Gasteiger partial charge in [0, 0.05) is 5.56 Å². The number of carbonyl (C=O) groups excluding carboxylic acids is 1. The fourth-order valence-electron chi connectivity index (χ4n) is 3.64. The van der Waals surface area contributed by atoms with Crippen molar-refractivity contribution in [2.24, 2.45) is 11.7 Å². The van der Waals surface area contributed by atoms with Crippen LogP contribution < -0.4 is 19.9 Å². The summed E-state index contributed by atoms with van der Waals surface area (Å²) in [5.41, 5.74) is 5.68. The van der Waals surface area contributed by atoms with E-state index in [1.807, 2.05) is 0 Å². The highest BCUT2D eigenvalue weighted by Gasteiger charge is 2.41. The predicted octanol–water partition coefficient (Wildman–Crippen LogP) is 3.61. The Morgan fingerprint density at radius 1 is 1.18 bits per heavy atom. The number of nitrogens with one attached hydrogen (secondary N) is 1. The van der Waals surface area contributed by atoms with Gasteiger partial charge in [0.2, 0.25) is 5.82 Å². The Morgan fingerprint density at radius 3 is 2.73 bits per heavy atom. The van der Waals surface area contributed by atoms with Crippen LogP contribution in [0.5, 0.6) is 17.2 Å². The van der Waals surface area contributed by atoms with Gasteiger partial charge >= 0.3 is 0 Å². The van der Waals surface area contributed by atoms with Gasteiger partial charge < -0.3 is 14.2 Å². The van der Waals surface area contributed by atoms with Crippen molar-refractivity contribution in [1.29, 1.82) is 0 Å². The highest BCUT2D eigenvalue weighted by molar-refractivity contribution is 6.11. The van der Waals surface area contributed by atoms with Crippen LogP contribution in [-0.2, 0) is 5.72 Å². The first-order valence-electron chi connectivity index (χ1n) is 11.2. The largest absolute Gasteiger partial charge is 0.494 e. The zero-order valence-electron chi connectivity index (χ0n) is 18.9. The van der Waals surface area contributed by atoms with Crippen LogP contribution in [-0.4, -0.2) is 39.6 Å². The first-order valence-corrected chi connectivity index (χ1v) is 11.2. The minimum absolute atomic E-state index is 0.0132. The van der Waals surface area contributed by atoms with Crippen LogP contribution in [0.1, 0.15) is 61.3 Å². The van der Waals surface area contributed by atoms with Crippen molar-refractivity contribution in [2.45, 2.75) is 45.3 Å². The zero-order chi connectivity index (χ0) is 23.3. The quantitative estimate of drug-likeness (QED) is 0.354. The van der Waals surface area contributed by atoms with Gasteiger partial charge in [0.25, 0.3) is 5.72 Å². The van der Waals surface area contributed by atoms with Gasteiger partial charge in [-0.2, -0.15) is 5.21 Å². The molecule has 0 fully saturated rings. The van der Waals surface area contributed by atoms with E-state index in [1.165, 1.54) is 12.8 Å². The SMILES string of the molecule is CC(C)CCCCCOc1ccc(C(=O)c2cccc3c2OC(N)(c2nn[nH]n2)CO3)cc1. The minimum Gasteiger partial charge on any atom is -0.494 e. The average Bonchev–Trinajstić information content (AvgIpc) is 3.37. The maximum Gasteiger partial charge on any atom is 0.257 e. The predicted molar refractivity (Wildman–Crippen MR) is 121 cm³/mol. The maximum absolute atomic E-state index is 13.2. The molecule has 0 amide bonds.